The van der Waals surface area contributed by atoms with Gasteiger partial charge in [0.15, 0.2) is 12.4 Å². The van der Waals surface area contributed by atoms with Gasteiger partial charge in [0.25, 0.3) is 5.56 Å². The molecule has 0 aliphatic heterocycles. The number of fused-ring (bicyclic) bond motifs is 2. The number of carbonyl (C=O) groups is 1. The maximum atomic E-state index is 13.5. The van der Waals surface area contributed by atoms with Crippen LogP contribution < -0.4 is 10.3 Å². The zero-order chi connectivity index (χ0) is 27.5. The Bertz CT molecular complexity index is 1830. The van der Waals surface area contributed by atoms with Crippen LogP contribution in [-0.2, 0) is 9.53 Å². The van der Waals surface area contributed by atoms with Crippen LogP contribution in [-0.4, -0.2) is 40.0 Å². The lowest BCUT2D eigenvalue weighted by atomic mass is 10.2. The first-order valence-corrected chi connectivity index (χ1v) is 12.0. The molecule has 0 radical (unpaired) electrons. The van der Waals surface area contributed by atoms with Crippen molar-refractivity contribution in [2.24, 2.45) is 5.10 Å². The number of carbonyl (C=O) groups excluding carboxylic acids is 1. The first-order valence-electron chi connectivity index (χ1n) is 11.7. The molecule has 0 N–H and O–H groups in total. The van der Waals surface area contributed by atoms with Crippen molar-refractivity contribution in [1.82, 2.24) is 9.66 Å². The van der Waals surface area contributed by atoms with Crippen molar-refractivity contribution in [1.29, 1.82) is 0 Å². The van der Waals surface area contributed by atoms with Crippen molar-refractivity contribution < 1.29 is 23.6 Å². The molecule has 0 bridgehead atoms. The van der Waals surface area contributed by atoms with Crippen LogP contribution in [0, 0.1) is 10.1 Å². The molecule has 196 valence electrons. The van der Waals surface area contributed by atoms with E-state index in [2.05, 4.69) is 10.1 Å². The van der Waals surface area contributed by atoms with Gasteiger partial charge in [-0.3, -0.25) is 14.9 Å². The zero-order valence-electron chi connectivity index (χ0n) is 20.4. The highest BCUT2D eigenvalue weighted by Gasteiger charge is 2.21. The third kappa shape index (κ3) is 5.20. The van der Waals surface area contributed by atoms with Crippen LogP contribution in [0.1, 0.15) is 12.5 Å². The molecule has 39 heavy (non-hydrogen) atoms. The molecule has 12 heteroatoms. The number of nitro benzene ring substituents is 1. The Labute approximate surface area is 225 Å². The van der Waals surface area contributed by atoms with Gasteiger partial charge in [-0.1, -0.05) is 29.8 Å². The van der Waals surface area contributed by atoms with Gasteiger partial charge in [-0.05, 0) is 49.4 Å². The summed E-state index contributed by atoms with van der Waals surface area (Å²) in [7, 11) is 0. The van der Waals surface area contributed by atoms with E-state index in [-0.39, 0.29) is 35.2 Å². The molecule has 3 aromatic carbocycles. The SMILES string of the molecule is CCOC(=O)COc1c(C=Nn2c(-c3cc4cc(Cl)ccc4o3)nc3ccccc3c2=O)cccc1[N+](=O)[O-]. The van der Waals surface area contributed by atoms with E-state index in [1.54, 1.807) is 55.5 Å². The number of nitro groups is 1. The number of halogens is 1. The zero-order valence-corrected chi connectivity index (χ0v) is 21.1. The number of esters is 1. The number of hydrogen-bond acceptors (Lipinski definition) is 9. The summed E-state index contributed by atoms with van der Waals surface area (Å²) in [5, 5.41) is 17.5. The molecule has 11 nitrogen and oxygen atoms in total. The summed E-state index contributed by atoms with van der Waals surface area (Å²) in [6, 6.07) is 17.7. The molecule has 2 aromatic heterocycles. The Hall–Kier alpha value is -5.03. The lowest BCUT2D eigenvalue weighted by Gasteiger charge is -2.10. The number of aromatic nitrogens is 2. The van der Waals surface area contributed by atoms with Crippen LogP contribution >= 0.6 is 11.6 Å². The second kappa shape index (κ2) is 10.8. The number of para-hydroxylation sites is 2. The highest BCUT2D eigenvalue weighted by atomic mass is 35.5. The van der Waals surface area contributed by atoms with Crippen molar-refractivity contribution in [2.45, 2.75) is 6.92 Å². The van der Waals surface area contributed by atoms with Gasteiger partial charge in [0, 0.05) is 22.0 Å². The molecular weight excluding hydrogens is 528 g/mol. The van der Waals surface area contributed by atoms with Gasteiger partial charge in [0.2, 0.25) is 11.6 Å². The Morgan fingerprint density at radius 2 is 2.00 bits per heavy atom. The molecule has 2 heterocycles. The van der Waals surface area contributed by atoms with Crippen molar-refractivity contribution in [3.8, 4) is 17.3 Å². The van der Waals surface area contributed by atoms with Gasteiger partial charge in [-0.25, -0.2) is 9.78 Å². The quantitative estimate of drug-likeness (QED) is 0.112. The number of furan rings is 1. The predicted octanol–water partition coefficient (Wildman–Crippen LogP) is 5.20. The van der Waals surface area contributed by atoms with E-state index < -0.39 is 23.1 Å². The number of benzene rings is 3. The maximum Gasteiger partial charge on any atom is 0.344 e. The average Bonchev–Trinajstić information content (AvgIpc) is 3.34. The predicted molar refractivity (Wildman–Crippen MR) is 144 cm³/mol. The molecule has 0 saturated carbocycles. The summed E-state index contributed by atoms with van der Waals surface area (Å²) in [5.74, 6) is -0.548. The van der Waals surface area contributed by atoms with Crippen molar-refractivity contribution in [3.05, 3.63) is 97.8 Å². The Morgan fingerprint density at radius 3 is 2.79 bits per heavy atom. The van der Waals surface area contributed by atoms with Crippen LogP contribution in [0.5, 0.6) is 5.75 Å². The molecular formula is C27H19ClN4O7. The van der Waals surface area contributed by atoms with E-state index in [0.717, 1.165) is 4.68 Å². The van der Waals surface area contributed by atoms with E-state index in [9.17, 15) is 19.7 Å². The fourth-order valence-corrected chi connectivity index (χ4v) is 4.09. The molecule has 5 rings (SSSR count). The maximum absolute atomic E-state index is 13.5. The van der Waals surface area contributed by atoms with Gasteiger partial charge >= 0.3 is 11.7 Å². The molecule has 0 spiro atoms. The topological polar surface area (TPSA) is 139 Å². The van der Waals surface area contributed by atoms with Crippen molar-refractivity contribution in [2.75, 3.05) is 13.2 Å². The average molecular weight is 547 g/mol. The van der Waals surface area contributed by atoms with E-state index in [1.165, 1.54) is 24.4 Å². The number of nitrogens with zero attached hydrogens (tertiary/aromatic N) is 4. The van der Waals surface area contributed by atoms with Crippen LogP contribution in [0.2, 0.25) is 5.02 Å². The minimum absolute atomic E-state index is 0.0988. The summed E-state index contributed by atoms with van der Waals surface area (Å²) >= 11 is 6.11. The summed E-state index contributed by atoms with van der Waals surface area (Å²) in [6.45, 7) is 1.20. The van der Waals surface area contributed by atoms with Gasteiger partial charge < -0.3 is 13.9 Å². The molecule has 0 unspecified atom stereocenters. The summed E-state index contributed by atoms with van der Waals surface area (Å²) in [4.78, 5) is 40.9. The fourth-order valence-electron chi connectivity index (χ4n) is 3.91. The standard InChI is InChI=1S/C27H19ClN4O7/c1-2-37-24(33)15-38-25-16(6-5-9-21(25)32(35)36)14-29-31-26(30-20-8-4-3-7-19(20)27(31)34)23-13-17-12-18(28)10-11-22(17)39-23/h3-14H,2,15H2,1H3. The molecule has 0 saturated heterocycles. The summed E-state index contributed by atoms with van der Waals surface area (Å²) in [6.07, 6.45) is 1.22. The fraction of sp³-hybridized carbons (Fsp3) is 0.111. The van der Waals surface area contributed by atoms with E-state index in [4.69, 9.17) is 25.5 Å². The minimum Gasteiger partial charge on any atom is -0.474 e. The number of rotatable bonds is 8. The molecule has 5 aromatic rings. The molecule has 0 amide bonds. The Balaban J connectivity index is 1.65. The normalized spacial score (nSPS) is 11.3. The Kier molecular flexibility index (Phi) is 7.06. The van der Waals surface area contributed by atoms with E-state index >= 15 is 0 Å². The highest BCUT2D eigenvalue weighted by molar-refractivity contribution is 6.31. The highest BCUT2D eigenvalue weighted by Crippen LogP contribution is 2.31. The third-order valence-electron chi connectivity index (χ3n) is 5.63. The van der Waals surface area contributed by atoms with Crippen molar-refractivity contribution >= 4 is 51.3 Å². The lowest BCUT2D eigenvalue weighted by Crippen LogP contribution is -2.20. The van der Waals surface area contributed by atoms with Crippen LogP contribution in [0.3, 0.4) is 0 Å². The molecule has 0 aliphatic carbocycles. The van der Waals surface area contributed by atoms with Crippen molar-refractivity contribution in [3.63, 3.8) is 0 Å². The van der Waals surface area contributed by atoms with E-state index in [1.807, 2.05) is 0 Å². The van der Waals surface area contributed by atoms with Gasteiger partial charge in [0.1, 0.15) is 5.58 Å². The first kappa shape index (κ1) is 25.6. The van der Waals surface area contributed by atoms with Crippen LogP contribution in [0.4, 0.5) is 5.69 Å². The minimum atomic E-state index is -0.694. The smallest absolute Gasteiger partial charge is 0.344 e. The largest absolute Gasteiger partial charge is 0.474 e. The first-order chi connectivity index (χ1) is 18.9. The molecule has 0 atom stereocenters. The molecule has 0 aliphatic rings. The van der Waals surface area contributed by atoms with Gasteiger partial charge in [-0.2, -0.15) is 9.78 Å². The second-order valence-electron chi connectivity index (χ2n) is 8.15. The summed E-state index contributed by atoms with van der Waals surface area (Å²) < 4.78 is 17.3. The van der Waals surface area contributed by atoms with Crippen LogP contribution in [0.25, 0.3) is 33.5 Å². The monoisotopic (exact) mass is 546 g/mol. The summed E-state index contributed by atoms with van der Waals surface area (Å²) in [5.41, 5.74) is 0.221. The lowest BCUT2D eigenvalue weighted by molar-refractivity contribution is -0.385. The second-order valence-corrected chi connectivity index (χ2v) is 8.59. The van der Waals surface area contributed by atoms with Crippen LogP contribution in [0.15, 0.2) is 81.0 Å². The van der Waals surface area contributed by atoms with E-state index in [0.29, 0.717) is 26.9 Å². The number of hydrogen-bond donors (Lipinski definition) is 0. The van der Waals surface area contributed by atoms with Gasteiger partial charge in [0.05, 0.1) is 28.6 Å². The third-order valence-corrected chi connectivity index (χ3v) is 5.86. The van der Waals surface area contributed by atoms with Gasteiger partial charge in [-0.15, -0.1) is 0 Å². The molecule has 0 fully saturated rings. The Morgan fingerprint density at radius 1 is 1.18 bits per heavy atom. The number of ether oxygens (including phenoxy) is 2.